The Hall–Kier alpha value is -3.56. The van der Waals surface area contributed by atoms with Crippen LogP contribution in [0, 0.1) is 27.2 Å². The molecular weight excluding hydrogens is 308 g/mol. The number of nitrogens with one attached hydrogen (secondary N) is 1. The summed E-state index contributed by atoms with van der Waals surface area (Å²) < 4.78 is 4.81. The molecule has 0 bridgehead atoms. The summed E-state index contributed by atoms with van der Waals surface area (Å²) in [6, 6.07) is 6.46. The van der Waals surface area contributed by atoms with Crippen LogP contribution in [0.2, 0.25) is 0 Å². The van der Waals surface area contributed by atoms with Crippen molar-refractivity contribution in [3.05, 3.63) is 67.4 Å². The highest BCUT2D eigenvalue weighted by Gasteiger charge is 2.15. The molecule has 0 fully saturated rings. The van der Waals surface area contributed by atoms with Gasteiger partial charge in [-0.05, 0) is 19.1 Å². The van der Waals surface area contributed by atoms with Crippen molar-refractivity contribution in [3.8, 4) is 0 Å². The maximum Gasteiger partial charge on any atom is 0.433 e. The smallest absolute Gasteiger partial charge is 0.400 e. The van der Waals surface area contributed by atoms with Crippen LogP contribution in [-0.2, 0) is 0 Å². The molecule has 0 aliphatic carbocycles. The monoisotopic (exact) mass is 318 g/mol. The number of carbonyl (C=O) groups excluding carboxylic acids is 1. The van der Waals surface area contributed by atoms with Gasteiger partial charge in [0.2, 0.25) is 0 Å². The van der Waals surface area contributed by atoms with E-state index in [0.29, 0.717) is 5.56 Å². The van der Waals surface area contributed by atoms with E-state index >= 15 is 0 Å². The van der Waals surface area contributed by atoms with E-state index in [1.165, 1.54) is 18.2 Å². The number of nitrogens with zero attached hydrogens (tertiary/aromatic N) is 3. The molecule has 23 heavy (non-hydrogen) atoms. The third kappa shape index (κ3) is 3.75. The number of hydrogen-bond acceptors (Lipinski definition) is 7. The van der Waals surface area contributed by atoms with E-state index in [9.17, 15) is 25.0 Å². The summed E-state index contributed by atoms with van der Waals surface area (Å²) in [5.74, 6) is -1.04. The number of nitro groups is 2. The Morgan fingerprint density at radius 3 is 2.57 bits per heavy atom. The van der Waals surface area contributed by atoms with Crippen molar-refractivity contribution >= 4 is 23.7 Å². The Balaban J connectivity index is 2.07. The minimum Gasteiger partial charge on any atom is -0.400 e. The van der Waals surface area contributed by atoms with Crippen LogP contribution in [0.25, 0.3) is 0 Å². The van der Waals surface area contributed by atoms with Crippen LogP contribution in [0.4, 0.5) is 11.6 Å². The summed E-state index contributed by atoms with van der Waals surface area (Å²) >= 11 is 0. The van der Waals surface area contributed by atoms with Gasteiger partial charge >= 0.3 is 5.88 Å². The summed E-state index contributed by atoms with van der Waals surface area (Å²) in [5, 5.41) is 24.8. The molecule has 10 heteroatoms. The molecule has 118 valence electrons. The van der Waals surface area contributed by atoms with Gasteiger partial charge in [-0.1, -0.05) is 6.07 Å². The Bertz CT molecular complexity index is 811. The van der Waals surface area contributed by atoms with Crippen LogP contribution in [0.1, 0.15) is 21.7 Å². The van der Waals surface area contributed by atoms with Crippen molar-refractivity contribution < 1.29 is 19.1 Å². The lowest BCUT2D eigenvalue weighted by atomic mass is 10.1. The SMILES string of the molecule is Cc1ccc(C(=O)NN=Cc2ccc([N+](=O)[O-])o2)cc1[N+](=O)[O-]. The van der Waals surface area contributed by atoms with Gasteiger partial charge in [0, 0.05) is 17.2 Å². The van der Waals surface area contributed by atoms with Gasteiger partial charge in [0.15, 0.2) is 5.76 Å². The van der Waals surface area contributed by atoms with E-state index in [4.69, 9.17) is 4.42 Å². The summed E-state index contributed by atoms with van der Waals surface area (Å²) in [6.45, 7) is 1.56. The van der Waals surface area contributed by atoms with Crippen molar-refractivity contribution in [2.45, 2.75) is 6.92 Å². The van der Waals surface area contributed by atoms with E-state index in [2.05, 4.69) is 10.5 Å². The molecule has 1 amide bonds. The predicted octanol–water partition coefficient (Wildman–Crippen LogP) is 2.17. The molecule has 1 N–H and O–H groups in total. The molecule has 0 atom stereocenters. The Kier molecular flexibility index (Phi) is 4.45. The fourth-order valence-electron chi connectivity index (χ4n) is 1.68. The first-order valence-corrected chi connectivity index (χ1v) is 6.21. The molecule has 0 radical (unpaired) electrons. The van der Waals surface area contributed by atoms with Crippen LogP contribution in [0.5, 0.6) is 0 Å². The number of hydrogen-bond donors (Lipinski definition) is 1. The van der Waals surface area contributed by atoms with Gasteiger partial charge in [-0.25, -0.2) is 5.43 Å². The van der Waals surface area contributed by atoms with Gasteiger partial charge in [-0.3, -0.25) is 25.0 Å². The van der Waals surface area contributed by atoms with Gasteiger partial charge in [-0.15, -0.1) is 0 Å². The summed E-state index contributed by atoms with van der Waals surface area (Å²) in [4.78, 5) is 31.8. The van der Waals surface area contributed by atoms with Crippen molar-refractivity contribution in [1.29, 1.82) is 0 Å². The molecule has 1 aromatic heterocycles. The normalized spacial score (nSPS) is 10.7. The fourth-order valence-corrected chi connectivity index (χ4v) is 1.68. The first-order valence-electron chi connectivity index (χ1n) is 6.21. The molecule has 0 unspecified atom stereocenters. The Labute approximate surface area is 128 Å². The first-order chi connectivity index (χ1) is 10.9. The zero-order chi connectivity index (χ0) is 17.0. The molecule has 0 aliphatic heterocycles. The minimum atomic E-state index is -0.707. The fraction of sp³-hybridized carbons (Fsp3) is 0.0769. The molecular formula is C13H10N4O6. The van der Waals surface area contributed by atoms with E-state index in [-0.39, 0.29) is 17.0 Å². The molecule has 1 aromatic carbocycles. The standard InChI is InChI=1S/C13H10N4O6/c1-8-2-3-9(6-11(8)16(19)20)13(18)15-14-7-10-4-5-12(23-10)17(21)22/h2-7H,1H3,(H,15,18). The average molecular weight is 318 g/mol. The second-order valence-electron chi connectivity index (χ2n) is 4.39. The second kappa shape index (κ2) is 6.47. The summed E-state index contributed by atoms with van der Waals surface area (Å²) in [5.41, 5.74) is 2.46. The summed E-state index contributed by atoms with van der Waals surface area (Å²) in [7, 11) is 0. The molecule has 2 rings (SSSR count). The molecule has 0 spiro atoms. The van der Waals surface area contributed by atoms with Crippen LogP contribution in [0.15, 0.2) is 39.9 Å². The first kappa shape index (κ1) is 15.8. The average Bonchev–Trinajstić information content (AvgIpc) is 2.96. The van der Waals surface area contributed by atoms with Crippen LogP contribution < -0.4 is 5.43 Å². The topological polar surface area (TPSA) is 141 Å². The number of aryl methyl sites for hydroxylation is 1. The number of amides is 1. The third-order valence-electron chi connectivity index (χ3n) is 2.82. The Morgan fingerprint density at radius 2 is 1.96 bits per heavy atom. The van der Waals surface area contributed by atoms with Gasteiger partial charge in [-0.2, -0.15) is 5.10 Å². The molecule has 0 saturated heterocycles. The summed E-state index contributed by atoms with van der Waals surface area (Å²) in [6.07, 6.45) is 1.08. The molecule has 1 heterocycles. The third-order valence-corrected chi connectivity index (χ3v) is 2.82. The number of furan rings is 1. The van der Waals surface area contributed by atoms with Crippen molar-refractivity contribution in [1.82, 2.24) is 5.43 Å². The van der Waals surface area contributed by atoms with Crippen molar-refractivity contribution in [2.24, 2.45) is 5.10 Å². The van der Waals surface area contributed by atoms with Crippen molar-refractivity contribution in [3.63, 3.8) is 0 Å². The quantitative estimate of drug-likeness (QED) is 0.508. The van der Waals surface area contributed by atoms with Gasteiger partial charge in [0.05, 0.1) is 17.2 Å². The number of nitro benzene ring substituents is 1. The maximum atomic E-state index is 11.8. The minimum absolute atomic E-state index is 0.0601. The number of rotatable bonds is 5. The lowest BCUT2D eigenvalue weighted by Crippen LogP contribution is -2.17. The highest BCUT2D eigenvalue weighted by Crippen LogP contribution is 2.19. The van der Waals surface area contributed by atoms with Crippen LogP contribution in [-0.4, -0.2) is 22.0 Å². The van der Waals surface area contributed by atoms with E-state index < -0.39 is 21.6 Å². The van der Waals surface area contributed by atoms with E-state index in [0.717, 1.165) is 18.3 Å². The van der Waals surface area contributed by atoms with Crippen molar-refractivity contribution in [2.75, 3.05) is 0 Å². The lowest BCUT2D eigenvalue weighted by Gasteiger charge is -2.01. The largest absolute Gasteiger partial charge is 0.433 e. The number of hydrazone groups is 1. The van der Waals surface area contributed by atoms with E-state index in [1.54, 1.807) is 6.92 Å². The zero-order valence-corrected chi connectivity index (χ0v) is 11.8. The van der Waals surface area contributed by atoms with E-state index in [1.807, 2.05) is 0 Å². The zero-order valence-electron chi connectivity index (χ0n) is 11.8. The van der Waals surface area contributed by atoms with Crippen LogP contribution >= 0.6 is 0 Å². The molecule has 10 nitrogen and oxygen atoms in total. The predicted molar refractivity (Wildman–Crippen MR) is 78.3 cm³/mol. The number of benzene rings is 1. The molecule has 0 saturated carbocycles. The number of carbonyl (C=O) groups is 1. The highest BCUT2D eigenvalue weighted by molar-refractivity contribution is 5.95. The molecule has 0 aliphatic rings. The van der Waals surface area contributed by atoms with Gasteiger partial charge in [0.1, 0.15) is 4.92 Å². The lowest BCUT2D eigenvalue weighted by molar-refractivity contribution is -0.402. The highest BCUT2D eigenvalue weighted by atomic mass is 16.6. The molecule has 2 aromatic rings. The Morgan fingerprint density at radius 1 is 1.22 bits per heavy atom. The van der Waals surface area contributed by atoms with Crippen LogP contribution in [0.3, 0.4) is 0 Å². The van der Waals surface area contributed by atoms with Gasteiger partial charge < -0.3 is 4.42 Å². The van der Waals surface area contributed by atoms with Gasteiger partial charge in [0.25, 0.3) is 11.6 Å². The maximum absolute atomic E-state index is 11.8. The second-order valence-corrected chi connectivity index (χ2v) is 4.39.